The number of nitrogens with zero attached hydrogens (tertiary/aromatic N) is 3. The van der Waals surface area contributed by atoms with Gasteiger partial charge in [0.25, 0.3) is 0 Å². The summed E-state index contributed by atoms with van der Waals surface area (Å²) in [5.74, 6) is -0.231. The summed E-state index contributed by atoms with van der Waals surface area (Å²) in [4.78, 5) is 9.30. The van der Waals surface area contributed by atoms with Crippen molar-refractivity contribution in [3.05, 3.63) is 40.5 Å². The van der Waals surface area contributed by atoms with Crippen molar-refractivity contribution in [1.29, 1.82) is 0 Å². The van der Waals surface area contributed by atoms with Gasteiger partial charge in [0.2, 0.25) is 0 Å². The molecule has 0 radical (unpaired) electrons. The van der Waals surface area contributed by atoms with Crippen molar-refractivity contribution in [2.75, 3.05) is 11.9 Å². The van der Waals surface area contributed by atoms with E-state index in [1.165, 1.54) is 4.90 Å². The lowest BCUT2D eigenvalue weighted by atomic mass is 9.98. The van der Waals surface area contributed by atoms with E-state index < -0.39 is 11.7 Å². The molecule has 1 aliphatic carbocycles. The zero-order chi connectivity index (χ0) is 18.7. The highest BCUT2D eigenvalue weighted by molar-refractivity contribution is 9.10. The summed E-state index contributed by atoms with van der Waals surface area (Å²) >= 11 is 3.37. The molecule has 0 unspecified atom stereocenters. The topological polar surface area (TPSA) is 38.2 Å². The van der Waals surface area contributed by atoms with Gasteiger partial charge in [0.15, 0.2) is 5.82 Å². The highest BCUT2D eigenvalue weighted by atomic mass is 79.9. The van der Waals surface area contributed by atoms with Gasteiger partial charge in [-0.15, -0.1) is 0 Å². The average molecular weight is 430 g/mol. The van der Waals surface area contributed by atoms with Gasteiger partial charge in [-0.05, 0) is 53.7 Å². The van der Waals surface area contributed by atoms with Gasteiger partial charge in [0.05, 0.1) is 5.69 Å². The minimum absolute atomic E-state index is 0.0150. The Kier molecular flexibility index (Phi) is 5.70. The first-order chi connectivity index (χ1) is 12.4. The molecule has 1 aromatic carbocycles. The van der Waals surface area contributed by atoms with E-state index in [0.717, 1.165) is 38.3 Å². The van der Waals surface area contributed by atoms with Crippen LogP contribution in [0.5, 0.6) is 6.01 Å². The average Bonchev–Trinajstić information content (AvgIpc) is 2.61. The lowest BCUT2D eigenvalue weighted by molar-refractivity contribution is -0.137. The van der Waals surface area contributed by atoms with Crippen LogP contribution in [0.25, 0.3) is 0 Å². The Hall–Kier alpha value is -1.83. The first-order valence-electron chi connectivity index (χ1n) is 8.45. The van der Waals surface area contributed by atoms with Gasteiger partial charge in [-0.3, -0.25) is 0 Å². The molecule has 1 aliphatic rings. The van der Waals surface area contributed by atoms with Gasteiger partial charge in [-0.25, -0.2) is 4.98 Å². The summed E-state index contributed by atoms with van der Waals surface area (Å²) < 4.78 is 46.8. The number of aromatic nitrogens is 2. The predicted octanol–water partition coefficient (Wildman–Crippen LogP) is 5.74. The maximum atomic E-state index is 13.5. The molecule has 2 aromatic rings. The van der Waals surface area contributed by atoms with Crippen LogP contribution in [0.2, 0.25) is 0 Å². The zero-order valence-electron chi connectivity index (χ0n) is 14.3. The Morgan fingerprint density at radius 2 is 1.85 bits per heavy atom. The van der Waals surface area contributed by atoms with Gasteiger partial charge < -0.3 is 9.64 Å². The van der Waals surface area contributed by atoms with Crippen molar-refractivity contribution in [3.63, 3.8) is 0 Å². The number of hydrogen-bond donors (Lipinski definition) is 0. The van der Waals surface area contributed by atoms with Crippen LogP contribution in [0.1, 0.15) is 37.7 Å². The van der Waals surface area contributed by atoms with Crippen molar-refractivity contribution in [2.45, 2.75) is 44.4 Å². The highest BCUT2D eigenvalue weighted by Crippen LogP contribution is 2.39. The van der Waals surface area contributed by atoms with Gasteiger partial charge in [-0.2, -0.15) is 18.2 Å². The van der Waals surface area contributed by atoms with E-state index in [0.29, 0.717) is 10.2 Å². The van der Waals surface area contributed by atoms with Crippen LogP contribution in [-0.4, -0.2) is 23.1 Å². The molecule has 3 rings (SSSR count). The SMILES string of the molecule is CN(c1ccccc1Br)c1nc(OC2CCCCC2)ncc1C(F)(F)F. The van der Waals surface area contributed by atoms with Crippen LogP contribution in [0, 0.1) is 0 Å². The molecule has 0 saturated heterocycles. The van der Waals surface area contributed by atoms with Gasteiger partial charge in [0.1, 0.15) is 11.7 Å². The quantitative estimate of drug-likeness (QED) is 0.621. The fourth-order valence-electron chi connectivity index (χ4n) is 3.04. The second-order valence-electron chi connectivity index (χ2n) is 6.28. The number of benzene rings is 1. The Morgan fingerprint density at radius 3 is 2.50 bits per heavy atom. The van der Waals surface area contributed by atoms with Crippen LogP contribution in [0.3, 0.4) is 0 Å². The van der Waals surface area contributed by atoms with Gasteiger partial charge in [0, 0.05) is 17.7 Å². The number of rotatable bonds is 4. The van der Waals surface area contributed by atoms with Crippen LogP contribution in [0.4, 0.5) is 24.7 Å². The summed E-state index contributed by atoms with van der Waals surface area (Å²) in [5.41, 5.74) is -0.327. The molecule has 1 fully saturated rings. The van der Waals surface area contributed by atoms with E-state index in [1.807, 2.05) is 0 Å². The van der Waals surface area contributed by atoms with Crippen molar-refractivity contribution in [1.82, 2.24) is 9.97 Å². The molecule has 0 aliphatic heterocycles. The molecule has 0 N–H and O–H groups in total. The highest BCUT2D eigenvalue weighted by Gasteiger charge is 2.37. The van der Waals surface area contributed by atoms with Crippen LogP contribution in [0.15, 0.2) is 34.9 Å². The summed E-state index contributed by atoms with van der Waals surface area (Å²) in [6.45, 7) is 0. The number of ether oxygens (including phenoxy) is 1. The Bertz CT molecular complexity index is 764. The maximum absolute atomic E-state index is 13.5. The monoisotopic (exact) mass is 429 g/mol. The fourth-order valence-corrected chi connectivity index (χ4v) is 3.59. The second kappa shape index (κ2) is 7.82. The molecule has 0 spiro atoms. The molecule has 1 saturated carbocycles. The van der Waals surface area contributed by atoms with Crippen LogP contribution in [-0.2, 0) is 6.18 Å². The third-order valence-corrected chi connectivity index (χ3v) is 5.08. The zero-order valence-corrected chi connectivity index (χ0v) is 15.8. The third kappa shape index (κ3) is 4.28. The number of alkyl halides is 3. The van der Waals surface area contributed by atoms with E-state index in [1.54, 1.807) is 31.3 Å². The summed E-state index contributed by atoms with van der Waals surface area (Å²) in [6.07, 6.45) is 1.21. The van der Waals surface area contributed by atoms with Crippen molar-refractivity contribution < 1.29 is 17.9 Å². The van der Waals surface area contributed by atoms with Crippen LogP contribution >= 0.6 is 15.9 Å². The Balaban J connectivity index is 1.96. The van der Waals surface area contributed by atoms with Crippen molar-refractivity contribution >= 4 is 27.4 Å². The standard InChI is InChI=1S/C18H19BrF3N3O/c1-25(15-10-6-5-9-14(15)19)16-13(18(20,21)22)11-23-17(24-16)26-12-7-3-2-4-8-12/h5-6,9-12H,2-4,7-8H2,1H3. The maximum Gasteiger partial charge on any atom is 0.421 e. The molecule has 0 amide bonds. The van der Waals surface area contributed by atoms with Crippen molar-refractivity contribution in [2.24, 2.45) is 0 Å². The first-order valence-corrected chi connectivity index (χ1v) is 9.24. The molecule has 26 heavy (non-hydrogen) atoms. The smallest absolute Gasteiger partial charge is 0.421 e. The first kappa shape index (κ1) is 18.9. The third-order valence-electron chi connectivity index (χ3n) is 4.41. The number of anilines is 2. The Morgan fingerprint density at radius 1 is 1.15 bits per heavy atom. The molecule has 0 bridgehead atoms. The Labute approximate surface area is 158 Å². The number of halogens is 4. The largest absolute Gasteiger partial charge is 0.460 e. The van der Waals surface area contributed by atoms with Crippen LogP contribution < -0.4 is 9.64 Å². The van der Waals surface area contributed by atoms with Gasteiger partial charge in [-0.1, -0.05) is 18.6 Å². The minimum atomic E-state index is -4.56. The molecule has 8 heteroatoms. The summed E-state index contributed by atoms with van der Waals surface area (Å²) in [7, 11) is 1.54. The summed E-state index contributed by atoms with van der Waals surface area (Å²) in [6, 6.07) is 7.01. The number of para-hydroxylation sites is 1. The minimum Gasteiger partial charge on any atom is -0.460 e. The molecule has 1 heterocycles. The van der Waals surface area contributed by atoms with E-state index in [2.05, 4.69) is 25.9 Å². The van der Waals surface area contributed by atoms with E-state index in [4.69, 9.17) is 4.74 Å². The second-order valence-corrected chi connectivity index (χ2v) is 7.13. The van der Waals surface area contributed by atoms with Gasteiger partial charge >= 0.3 is 12.2 Å². The lowest BCUT2D eigenvalue weighted by Crippen LogP contribution is -2.23. The number of hydrogen-bond acceptors (Lipinski definition) is 4. The summed E-state index contributed by atoms with van der Waals surface area (Å²) in [5, 5.41) is 0. The lowest BCUT2D eigenvalue weighted by Gasteiger charge is -2.25. The van der Waals surface area contributed by atoms with E-state index in [-0.39, 0.29) is 17.9 Å². The van der Waals surface area contributed by atoms with E-state index in [9.17, 15) is 13.2 Å². The van der Waals surface area contributed by atoms with Crippen molar-refractivity contribution in [3.8, 4) is 6.01 Å². The molecule has 4 nitrogen and oxygen atoms in total. The molecule has 0 atom stereocenters. The molecule has 140 valence electrons. The predicted molar refractivity (Wildman–Crippen MR) is 96.7 cm³/mol. The fraction of sp³-hybridized carbons (Fsp3) is 0.444. The molecular weight excluding hydrogens is 411 g/mol. The molecule has 1 aromatic heterocycles. The van der Waals surface area contributed by atoms with E-state index >= 15 is 0 Å². The normalized spacial score (nSPS) is 15.7. The molecular formula is C18H19BrF3N3O.